The fourth-order valence-electron chi connectivity index (χ4n) is 5.67. The van der Waals surface area contributed by atoms with Crippen molar-refractivity contribution >= 4 is 17.7 Å². The summed E-state index contributed by atoms with van der Waals surface area (Å²) in [5, 5.41) is 5.76. The van der Waals surface area contributed by atoms with Gasteiger partial charge in [-0.05, 0) is 69.1 Å². The van der Waals surface area contributed by atoms with Crippen LogP contribution in [0.15, 0.2) is 0 Å². The topological polar surface area (TPSA) is 78.5 Å². The molecule has 0 radical (unpaired) electrons. The number of rotatable bonds is 6. The molecule has 25 heavy (non-hydrogen) atoms. The molecule has 6 nitrogen and oxygen atoms in total. The second kappa shape index (κ2) is 6.29. The van der Waals surface area contributed by atoms with E-state index in [4.69, 9.17) is 0 Å². The van der Waals surface area contributed by atoms with E-state index in [0.717, 1.165) is 32.1 Å². The predicted molar refractivity (Wildman–Crippen MR) is 92.4 cm³/mol. The number of hydrogen-bond donors (Lipinski definition) is 2. The van der Waals surface area contributed by atoms with Gasteiger partial charge < -0.3 is 15.5 Å². The molecule has 0 heterocycles. The molecule has 5 rings (SSSR count). The van der Waals surface area contributed by atoms with Crippen molar-refractivity contribution in [2.75, 3.05) is 20.1 Å². The molecule has 0 aromatic carbocycles. The molecular weight excluding hydrogens is 318 g/mol. The van der Waals surface area contributed by atoms with Gasteiger partial charge in [-0.25, -0.2) is 0 Å². The minimum absolute atomic E-state index is 0.00616. The summed E-state index contributed by atoms with van der Waals surface area (Å²) in [5.74, 6) is 1.87. The van der Waals surface area contributed by atoms with E-state index in [-0.39, 0.29) is 36.2 Å². The summed E-state index contributed by atoms with van der Waals surface area (Å²) in [4.78, 5) is 38.3. The summed E-state index contributed by atoms with van der Waals surface area (Å²) < 4.78 is 0. The van der Waals surface area contributed by atoms with Gasteiger partial charge in [-0.2, -0.15) is 0 Å². The highest BCUT2D eigenvalue weighted by molar-refractivity contribution is 5.90. The van der Waals surface area contributed by atoms with E-state index in [1.54, 1.807) is 7.05 Å². The molecule has 0 aliphatic heterocycles. The van der Waals surface area contributed by atoms with Gasteiger partial charge in [0.25, 0.3) is 0 Å². The Labute approximate surface area is 149 Å². The Morgan fingerprint density at radius 2 is 1.56 bits per heavy atom. The van der Waals surface area contributed by atoms with Crippen LogP contribution in [0, 0.1) is 23.2 Å². The Morgan fingerprint density at radius 1 is 1.00 bits per heavy atom. The first-order valence-electron chi connectivity index (χ1n) is 9.75. The molecule has 5 fully saturated rings. The summed E-state index contributed by atoms with van der Waals surface area (Å²) in [6.07, 6.45) is 8.95. The quantitative estimate of drug-likeness (QED) is 0.754. The number of hydrogen-bond acceptors (Lipinski definition) is 3. The normalized spacial score (nSPS) is 35.3. The van der Waals surface area contributed by atoms with Crippen LogP contribution in [0.2, 0.25) is 0 Å². The molecule has 3 amide bonds. The first-order chi connectivity index (χ1) is 11.9. The Hall–Kier alpha value is -1.59. The zero-order chi connectivity index (χ0) is 17.6. The summed E-state index contributed by atoms with van der Waals surface area (Å²) in [6.45, 7) is 0.0519. The molecule has 0 spiro atoms. The monoisotopic (exact) mass is 347 g/mol. The van der Waals surface area contributed by atoms with Crippen molar-refractivity contribution in [1.29, 1.82) is 0 Å². The third-order valence-corrected chi connectivity index (χ3v) is 6.67. The number of amides is 3. The standard InChI is InChI=1S/C19H29N3O3/c1-22(11-16(23)21-15-2-3-15)17(24)10-20-18(25)19-7-12-4-13(8-19)6-14(5-12)9-19/h12-15H,2-11H2,1H3,(H,20,25)(H,21,23). The van der Waals surface area contributed by atoms with E-state index in [0.29, 0.717) is 23.8 Å². The number of likely N-dealkylation sites (N-methyl/N-ethyl adjacent to an activating group) is 1. The minimum atomic E-state index is -0.225. The molecule has 0 unspecified atom stereocenters. The van der Waals surface area contributed by atoms with E-state index in [9.17, 15) is 14.4 Å². The second-order valence-corrected chi connectivity index (χ2v) is 8.97. The zero-order valence-corrected chi connectivity index (χ0v) is 15.1. The van der Waals surface area contributed by atoms with Crippen molar-refractivity contribution in [1.82, 2.24) is 15.5 Å². The van der Waals surface area contributed by atoms with Gasteiger partial charge in [-0.3, -0.25) is 14.4 Å². The second-order valence-electron chi connectivity index (χ2n) is 8.97. The van der Waals surface area contributed by atoms with Gasteiger partial charge in [0.05, 0.1) is 13.1 Å². The smallest absolute Gasteiger partial charge is 0.242 e. The van der Waals surface area contributed by atoms with Crippen molar-refractivity contribution in [3.05, 3.63) is 0 Å². The van der Waals surface area contributed by atoms with E-state index >= 15 is 0 Å². The van der Waals surface area contributed by atoms with Crippen molar-refractivity contribution in [2.24, 2.45) is 23.2 Å². The Bertz CT molecular complexity index is 549. The van der Waals surface area contributed by atoms with Crippen LogP contribution < -0.4 is 10.6 Å². The van der Waals surface area contributed by atoms with Gasteiger partial charge in [-0.15, -0.1) is 0 Å². The first-order valence-corrected chi connectivity index (χ1v) is 9.75. The van der Waals surface area contributed by atoms with Gasteiger partial charge in [0.15, 0.2) is 0 Å². The van der Waals surface area contributed by atoms with Gasteiger partial charge in [-0.1, -0.05) is 0 Å². The Kier molecular flexibility index (Phi) is 4.24. The van der Waals surface area contributed by atoms with Crippen molar-refractivity contribution < 1.29 is 14.4 Å². The predicted octanol–water partition coefficient (Wildman–Crippen LogP) is 1.06. The van der Waals surface area contributed by atoms with Crippen LogP contribution >= 0.6 is 0 Å². The molecule has 5 saturated carbocycles. The van der Waals surface area contributed by atoms with Crippen LogP contribution in [0.25, 0.3) is 0 Å². The van der Waals surface area contributed by atoms with Crippen LogP contribution in [-0.2, 0) is 14.4 Å². The largest absolute Gasteiger partial charge is 0.352 e. The molecule has 0 saturated heterocycles. The fourth-order valence-corrected chi connectivity index (χ4v) is 5.67. The Balaban J connectivity index is 1.26. The molecule has 138 valence electrons. The van der Waals surface area contributed by atoms with Crippen molar-refractivity contribution in [3.63, 3.8) is 0 Å². The van der Waals surface area contributed by atoms with Crippen molar-refractivity contribution in [2.45, 2.75) is 57.4 Å². The maximum Gasteiger partial charge on any atom is 0.242 e. The maximum absolute atomic E-state index is 12.8. The molecule has 5 aliphatic rings. The molecule has 0 atom stereocenters. The molecule has 6 heteroatoms. The van der Waals surface area contributed by atoms with E-state index < -0.39 is 0 Å². The lowest BCUT2D eigenvalue weighted by Gasteiger charge is -2.55. The number of nitrogens with zero attached hydrogens (tertiary/aromatic N) is 1. The lowest BCUT2D eigenvalue weighted by molar-refractivity contribution is -0.148. The molecule has 5 aliphatic carbocycles. The lowest BCUT2D eigenvalue weighted by Crippen LogP contribution is -2.54. The van der Waals surface area contributed by atoms with E-state index in [1.807, 2.05) is 0 Å². The third-order valence-electron chi connectivity index (χ3n) is 6.67. The van der Waals surface area contributed by atoms with Crippen LogP contribution in [0.1, 0.15) is 51.4 Å². The van der Waals surface area contributed by atoms with E-state index in [1.165, 1.54) is 24.2 Å². The highest BCUT2D eigenvalue weighted by Gasteiger charge is 2.54. The molecule has 4 bridgehead atoms. The number of carbonyl (C=O) groups excluding carboxylic acids is 3. The minimum Gasteiger partial charge on any atom is -0.352 e. The Morgan fingerprint density at radius 3 is 2.08 bits per heavy atom. The first kappa shape index (κ1) is 16.9. The molecule has 2 N–H and O–H groups in total. The van der Waals surface area contributed by atoms with Crippen molar-refractivity contribution in [3.8, 4) is 0 Å². The lowest BCUT2D eigenvalue weighted by atomic mass is 9.49. The van der Waals surface area contributed by atoms with Gasteiger partial charge >= 0.3 is 0 Å². The van der Waals surface area contributed by atoms with Crippen LogP contribution in [-0.4, -0.2) is 48.8 Å². The molecular formula is C19H29N3O3. The number of nitrogens with one attached hydrogen (secondary N) is 2. The van der Waals surface area contributed by atoms with Gasteiger partial charge in [0, 0.05) is 18.5 Å². The number of carbonyl (C=O) groups is 3. The third kappa shape index (κ3) is 3.53. The van der Waals surface area contributed by atoms with Crippen LogP contribution in [0.4, 0.5) is 0 Å². The summed E-state index contributed by atoms with van der Waals surface area (Å²) >= 11 is 0. The summed E-state index contributed by atoms with van der Waals surface area (Å²) in [5.41, 5.74) is -0.225. The maximum atomic E-state index is 12.8. The zero-order valence-electron chi connectivity index (χ0n) is 15.1. The van der Waals surface area contributed by atoms with Crippen LogP contribution in [0.5, 0.6) is 0 Å². The molecule has 0 aromatic rings. The SMILES string of the molecule is CN(CC(=O)NC1CC1)C(=O)CNC(=O)C12CC3CC(CC(C3)C1)C2. The van der Waals surface area contributed by atoms with Gasteiger partial charge in [0.2, 0.25) is 17.7 Å². The highest BCUT2D eigenvalue weighted by Crippen LogP contribution is 2.60. The average Bonchev–Trinajstić information content (AvgIpc) is 3.34. The highest BCUT2D eigenvalue weighted by atomic mass is 16.2. The summed E-state index contributed by atoms with van der Waals surface area (Å²) in [7, 11) is 1.62. The van der Waals surface area contributed by atoms with Crippen LogP contribution in [0.3, 0.4) is 0 Å². The molecule has 0 aromatic heterocycles. The van der Waals surface area contributed by atoms with Gasteiger partial charge in [0.1, 0.15) is 0 Å². The fraction of sp³-hybridized carbons (Fsp3) is 0.842. The average molecular weight is 347 g/mol. The van der Waals surface area contributed by atoms with E-state index in [2.05, 4.69) is 10.6 Å². The summed E-state index contributed by atoms with van der Waals surface area (Å²) in [6, 6.07) is 0.298.